The Morgan fingerprint density at radius 1 is 1.00 bits per heavy atom. The fourth-order valence-electron chi connectivity index (χ4n) is 5.01. The van der Waals surface area contributed by atoms with Crippen molar-refractivity contribution in [2.45, 2.75) is 37.6 Å². The molecular formula is C24H29N5O3S2. The monoisotopic (exact) mass is 499 g/mol. The van der Waals surface area contributed by atoms with Crippen molar-refractivity contribution >= 4 is 44.4 Å². The number of anilines is 1. The Hall–Kier alpha value is -2.56. The van der Waals surface area contributed by atoms with Gasteiger partial charge in [-0.1, -0.05) is 23.8 Å². The van der Waals surface area contributed by atoms with Crippen molar-refractivity contribution in [1.29, 1.82) is 0 Å². The third-order valence-corrected chi connectivity index (χ3v) is 9.45. The van der Waals surface area contributed by atoms with Crippen LogP contribution >= 0.6 is 11.7 Å². The first kappa shape index (κ1) is 23.2. The van der Waals surface area contributed by atoms with Crippen molar-refractivity contribution in [3.05, 3.63) is 48.0 Å². The molecule has 34 heavy (non-hydrogen) atoms. The number of aromatic nitrogens is 2. The van der Waals surface area contributed by atoms with Crippen LogP contribution in [-0.2, 0) is 14.8 Å². The molecule has 5 rings (SSSR count). The smallest absolute Gasteiger partial charge is 0.245 e. The molecular weight excluding hydrogens is 470 g/mol. The summed E-state index contributed by atoms with van der Waals surface area (Å²) in [4.78, 5) is 17.8. The molecule has 8 nitrogen and oxygen atoms in total. The fourth-order valence-corrected chi connectivity index (χ4v) is 7.23. The molecule has 0 radical (unpaired) electrons. The normalized spacial score (nSPS) is 20.7. The quantitative estimate of drug-likeness (QED) is 0.548. The molecule has 0 saturated carbocycles. The number of carbonyl (C=O) groups excluding carboxylic acids is 1. The Morgan fingerprint density at radius 3 is 2.44 bits per heavy atom. The van der Waals surface area contributed by atoms with Gasteiger partial charge in [-0.2, -0.15) is 13.1 Å². The van der Waals surface area contributed by atoms with E-state index in [-0.39, 0.29) is 22.8 Å². The van der Waals surface area contributed by atoms with Gasteiger partial charge in [0.2, 0.25) is 15.9 Å². The zero-order valence-corrected chi connectivity index (χ0v) is 21.1. The van der Waals surface area contributed by atoms with E-state index in [2.05, 4.69) is 51.8 Å². The minimum Gasteiger partial charge on any atom is -0.365 e. The Morgan fingerprint density at radius 2 is 1.74 bits per heavy atom. The molecule has 3 aromatic rings. The van der Waals surface area contributed by atoms with Gasteiger partial charge in [-0.25, -0.2) is 8.42 Å². The maximum atomic E-state index is 13.3. The summed E-state index contributed by atoms with van der Waals surface area (Å²) in [6.07, 6.45) is 1.08. The molecule has 10 heteroatoms. The van der Waals surface area contributed by atoms with Crippen LogP contribution in [0.1, 0.15) is 25.3 Å². The van der Waals surface area contributed by atoms with Crippen molar-refractivity contribution in [2.24, 2.45) is 5.92 Å². The lowest BCUT2D eigenvalue weighted by atomic mass is 9.95. The van der Waals surface area contributed by atoms with Crippen LogP contribution in [0.15, 0.2) is 47.4 Å². The van der Waals surface area contributed by atoms with Crippen molar-refractivity contribution in [1.82, 2.24) is 18.0 Å². The number of fused-ring (bicyclic) bond motifs is 1. The van der Waals surface area contributed by atoms with Gasteiger partial charge in [-0.15, -0.1) is 0 Å². The van der Waals surface area contributed by atoms with Crippen LogP contribution < -0.4 is 4.90 Å². The second kappa shape index (κ2) is 9.24. The number of hydrogen-bond acceptors (Lipinski definition) is 7. The Bertz CT molecular complexity index is 1280. The van der Waals surface area contributed by atoms with Gasteiger partial charge in [0.25, 0.3) is 0 Å². The number of rotatable bonds is 4. The van der Waals surface area contributed by atoms with Crippen LogP contribution in [0.2, 0.25) is 0 Å². The van der Waals surface area contributed by atoms with E-state index in [1.54, 1.807) is 18.2 Å². The van der Waals surface area contributed by atoms with Crippen LogP contribution in [0, 0.1) is 12.8 Å². The first-order valence-corrected chi connectivity index (χ1v) is 13.8. The molecule has 180 valence electrons. The van der Waals surface area contributed by atoms with Gasteiger partial charge in [0.1, 0.15) is 15.9 Å². The van der Waals surface area contributed by atoms with E-state index in [9.17, 15) is 13.2 Å². The highest BCUT2D eigenvalue weighted by molar-refractivity contribution is 7.89. The minimum atomic E-state index is -3.68. The summed E-state index contributed by atoms with van der Waals surface area (Å²) in [5.74, 6) is 0.0135. The van der Waals surface area contributed by atoms with Crippen molar-refractivity contribution in [3.63, 3.8) is 0 Å². The molecule has 0 bridgehead atoms. The van der Waals surface area contributed by atoms with Crippen LogP contribution in [0.5, 0.6) is 0 Å². The summed E-state index contributed by atoms with van der Waals surface area (Å²) < 4.78 is 36.4. The summed E-state index contributed by atoms with van der Waals surface area (Å²) in [7, 11) is -3.68. The predicted molar refractivity (Wildman–Crippen MR) is 133 cm³/mol. The minimum absolute atomic E-state index is 0.138. The zero-order valence-electron chi connectivity index (χ0n) is 19.4. The van der Waals surface area contributed by atoms with Gasteiger partial charge in [-0.3, -0.25) is 4.79 Å². The van der Waals surface area contributed by atoms with Crippen molar-refractivity contribution < 1.29 is 13.2 Å². The topological polar surface area (TPSA) is 86.7 Å². The van der Waals surface area contributed by atoms with E-state index in [1.165, 1.54) is 15.6 Å². The van der Waals surface area contributed by atoms with E-state index in [4.69, 9.17) is 0 Å². The molecule has 1 amide bonds. The van der Waals surface area contributed by atoms with E-state index in [1.807, 2.05) is 4.90 Å². The largest absolute Gasteiger partial charge is 0.365 e. The number of nitrogens with zero attached hydrogens (tertiary/aromatic N) is 5. The van der Waals surface area contributed by atoms with E-state index < -0.39 is 10.0 Å². The van der Waals surface area contributed by atoms with Gasteiger partial charge < -0.3 is 9.80 Å². The summed E-state index contributed by atoms with van der Waals surface area (Å²) in [5.41, 5.74) is 3.44. The number of aryl methyl sites for hydroxylation is 1. The number of piperazine rings is 1. The molecule has 2 saturated heterocycles. The van der Waals surface area contributed by atoms with E-state index >= 15 is 0 Å². The summed E-state index contributed by atoms with van der Waals surface area (Å²) in [6.45, 7) is 7.09. The summed E-state index contributed by atoms with van der Waals surface area (Å²) in [6, 6.07) is 13.8. The molecule has 0 N–H and O–H groups in total. The fraction of sp³-hybridized carbons (Fsp3) is 0.458. The SMILES string of the molecule is Cc1ccc(N2CCN(C(=O)C3CCN(S(=O)(=O)c4cccc5nsnc45)CC3)C[C@@H]2C)cc1. The lowest BCUT2D eigenvalue weighted by Crippen LogP contribution is -2.55. The van der Waals surface area contributed by atoms with E-state index in [0.29, 0.717) is 50.1 Å². The second-order valence-corrected chi connectivity index (χ2v) is 11.7. The maximum Gasteiger partial charge on any atom is 0.245 e. The van der Waals surface area contributed by atoms with Gasteiger partial charge in [0.15, 0.2) is 0 Å². The molecule has 3 heterocycles. The third-order valence-electron chi connectivity index (χ3n) is 6.97. The summed E-state index contributed by atoms with van der Waals surface area (Å²) >= 11 is 1.01. The van der Waals surface area contributed by atoms with Crippen LogP contribution in [-0.4, -0.2) is 71.0 Å². The number of piperidine rings is 1. The third kappa shape index (κ3) is 4.30. The van der Waals surface area contributed by atoms with Crippen LogP contribution in [0.25, 0.3) is 11.0 Å². The molecule has 1 aromatic heterocycles. The molecule has 2 aliphatic heterocycles. The predicted octanol–water partition coefficient (Wildman–Crippen LogP) is 3.14. The number of amides is 1. The van der Waals surface area contributed by atoms with Crippen molar-refractivity contribution in [2.75, 3.05) is 37.6 Å². The van der Waals surface area contributed by atoms with Crippen LogP contribution in [0.4, 0.5) is 5.69 Å². The average Bonchev–Trinajstić information content (AvgIpc) is 3.33. The number of hydrogen-bond donors (Lipinski definition) is 0. The molecule has 0 unspecified atom stereocenters. The van der Waals surface area contributed by atoms with Gasteiger partial charge >= 0.3 is 0 Å². The Balaban J connectivity index is 1.21. The number of sulfonamides is 1. The number of benzene rings is 2. The molecule has 2 fully saturated rings. The summed E-state index contributed by atoms with van der Waals surface area (Å²) in [5, 5.41) is 0. The lowest BCUT2D eigenvalue weighted by Gasteiger charge is -2.43. The first-order chi connectivity index (χ1) is 16.3. The second-order valence-electron chi connectivity index (χ2n) is 9.23. The average molecular weight is 500 g/mol. The highest BCUT2D eigenvalue weighted by atomic mass is 32.2. The lowest BCUT2D eigenvalue weighted by molar-refractivity contribution is -0.137. The molecule has 0 spiro atoms. The molecule has 0 aliphatic carbocycles. The zero-order chi connectivity index (χ0) is 23.9. The van der Waals surface area contributed by atoms with Gasteiger partial charge in [0, 0.05) is 50.4 Å². The van der Waals surface area contributed by atoms with Crippen molar-refractivity contribution in [3.8, 4) is 0 Å². The Labute approximate surface area is 204 Å². The first-order valence-electron chi connectivity index (χ1n) is 11.7. The number of carbonyl (C=O) groups is 1. The maximum absolute atomic E-state index is 13.3. The standard InChI is InChI=1S/C24H29N5O3S2/c1-17-6-8-20(9-7-17)29-15-14-27(16-18(29)2)24(30)19-10-12-28(13-11-19)34(31,32)22-5-3-4-21-23(22)26-33-25-21/h3-9,18-19H,10-16H2,1-2H3/t18-/m0/s1. The van der Waals surface area contributed by atoms with Gasteiger partial charge in [-0.05, 0) is 51.0 Å². The highest BCUT2D eigenvalue weighted by Crippen LogP contribution is 2.29. The molecule has 1 atom stereocenters. The van der Waals surface area contributed by atoms with E-state index in [0.717, 1.165) is 18.3 Å². The highest BCUT2D eigenvalue weighted by Gasteiger charge is 2.36. The molecule has 2 aromatic carbocycles. The van der Waals surface area contributed by atoms with Gasteiger partial charge in [0.05, 0.1) is 11.7 Å². The van der Waals surface area contributed by atoms with Crippen LogP contribution in [0.3, 0.4) is 0 Å². The molecule has 2 aliphatic rings. The Kier molecular flexibility index (Phi) is 6.30.